The summed E-state index contributed by atoms with van der Waals surface area (Å²) in [5.41, 5.74) is 2.58. The maximum absolute atomic E-state index is 12.6. The summed E-state index contributed by atoms with van der Waals surface area (Å²) in [4.78, 5) is 32.0. The van der Waals surface area contributed by atoms with E-state index in [1.54, 1.807) is 29.0 Å². The number of rotatable bonds is 6. The first-order valence-electron chi connectivity index (χ1n) is 9.62. The third kappa shape index (κ3) is 5.22. The molecule has 0 radical (unpaired) electrons. The summed E-state index contributed by atoms with van der Waals surface area (Å²) in [7, 11) is 0. The van der Waals surface area contributed by atoms with Crippen molar-refractivity contribution < 1.29 is 14.3 Å². The standard InChI is InChI=1S/C21H26N4O3/c1-2-28-21(27)25-14-12-24(13-15-25)20(26)19-9-8-18(16-23-19)22-11-10-17-6-4-3-5-7-17/h3-9,16,22H,2,10-15H2,1H3. The molecule has 1 aliphatic heterocycles. The Morgan fingerprint density at radius 3 is 2.39 bits per heavy atom. The highest BCUT2D eigenvalue weighted by atomic mass is 16.6. The topological polar surface area (TPSA) is 74.8 Å². The second kappa shape index (κ2) is 9.73. The molecule has 2 aromatic rings. The van der Waals surface area contributed by atoms with Crippen LogP contribution in [-0.4, -0.2) is 66.1 Å². The molecule has 1 aromatic heterocycles. The van der Waals surface area contributed by atoms with Crippen molar-refractivity contribution in [2.45, 2.75) is 13.3 Å². The van der Waals surface area contributed by atoms with E-state index in [1.165, 1.54) is 5.56 Å². The van der Waals surface area contributed by atoms with Gasteiger partial charge in [0, 0.05) is 32.7 Å². The van der Waals surface area contributed by atoms with Gasteiger partial charge in [-0.1, -0.05) is 30.3 Å². The SMILES string of the molecule is CCOC(=O)N1CCN(C(=O)c2ccc(NCCc3ccccc3)cn2)CC1. The first kappa shape index (κ1) is 19.7. The van der Waals surface area contributed by atoms with E-state index < -0.39 is 0 Å². The third-order valence-corrected chi connectivity index (χ3v) is 4.66. The van der Waals surface area contributed by atoms with Crippen molar-refractivity contribution in [2.24, 2.45) is 0 Å². The molecular weight excluding hydrogens is 356 g/mol. The minimum Gasteiger partial charge on any atom is -0.450 e. The van der Waals surface area contributed by atoms with Crippen LogP contribution < -0.4 is 5.32 Å². The van der Waals surface area contributed by atoms with Crippen LogP contribution in [-0.2, 0) is 11.2 Å². The number of piperazine rings is 1. The molecule has 148 valence electrons. The Labute approximate surface area is 165 Å². The lowest BCUT2D eigenvalue weighted by molar-refractivity contribution is 0.0566. The molecule has 1 fully saturated rings. The summed E-state index contributed by atoms with van der Waals surface area (Å²) in [6, 6.07) is 13.9. The van der Waals surface area contributed by atoms with Crippen molar-refractivity contribution in [2.75, 3.05) is 44.6 Å². The zero-order valence-corrected chi connectivity index (χ0v) is 16.1. The second-order valence-electron chi connectivity index (χ2n) is 6.57. The lowest BCUT2D eigenvalue weighted by atomic mass is 10.1. The maximum atomic E-state index is 12.6. The van der Waals surface area contributed by atoms with Gasteiger partial charge in [0.25, 0.3) is 5.91 Å². The van der Waals surface area contributed by atoms with Crippen LogP contribution in [0.4, 0.5) is 10.5 Å². The Morgan fingerprint density at radius 2 is 1.75 bits per heavy atom. The summed E-state index contributed by atoms with van der Waals surface area (Å²) in [5.74, 6) is -0.112. The van der Waals surface area contributed by atoms with Gasteiger partial charge in [0.2, 0.25) is 0 Å². The molecule has 2 amide bonds. The molecule has 1 N–H and O–H groups in total. The molecular formula is C21H26N4O3. The van der Waals surface area contributed by atoms with Crippen LogP contribution in [0.1, 0.15) is 23.0 Å². The molecule has 0 aliphatic carbocycles. The normalized spacial score (nSPS) is 13.9. The van der Waals surface area contributed by atoms with Crippen molar-refractivity contribution in [1.82, 2.24) is 14.8 Å². The van der Waals surface area contributed by atoms with E-state index in [9.17, 15) is 9.59 Å². The monoisotopic (exact) mass is 382 g/mol. The number of nitrogens with zero attached hydrogens (tertiary/aromatic N) is 3. The van der Waals surface area contributed by atoms with Crippen molar-refractivity contribution in [3.05, 3.63) is 59.9 Å². The number of nitrogens with one attached hydrogen (secondary N) is 1. The molecule has 1 aliphatic rings. The highest BCUT2D eigenvalue weighted by molar-refractivity contribution is 5.92. The van der Waals surface area contributed by atoms with Crippen molar-refractivity contribution >= 4 is 17.7 Å². The van der Waals surface area contributed by atoms with Gasteiger partial charge in [0.05, 0.1) is 18.5 Å². The fourth-order valence-corrected chi connectivity index (χ4v) is 3.09. The zero-order valence-electron chi connectivity index (χ0n) is 16.1. The van der Waals surface area contributed by atoms with E-state index in [1.807, 2.05) is 24.3 Å². The molecule has 28 heavy (non-hydrogen) atoms. The van der Waals surface area contributed by atoms with Gasteiger partial charge in [-0.25, -0.2) is 9.78 Å². The Hall–Kier alpha value is -3.09. The molecule has 1 aromatic carbocycles. The van der Waals surface area contributed by atoms with Crippen LogP contribution in [0.2, 0.25) is 0 Å². The number of aromatic nitrogens is 1. The number of carbonyl (C=O) groups excluding carboxylic acids is 2. The highest BCUT2D eigenvalue weighted by Gasteiger charge is 2.25. The summed E-state index contributed by atoms with van der Waals surface area (Å²) >= 11 is 0. The lowest BCUT2D eigenvalue weighted by Crippen LogP contribution is -2.50. The Morgan fingerprint density at radius 1 is 1.04 bits per heavy atom. The molecule has 3 rings (SSSR count). The first-order chi connectivity index (χ1) is 13.7. The highest BCUT2D eigenvalue weighted by Crippen LogP contribution is 2.11. The predicted octanol–water partition coefficient (Wildman–Crippen LogP) is 2.65. The van der Waals surface area contributed by atoms with Crippen LogP contribution >= 0.6 is 0 Å². The molecule has 0 saturated carbocycles. The van der Waals surface area contributed by atoms with Crippen molar-refractivity contribution in [3.63, 3.8) is 0 Å². The fourth-order valence-electron chi connectivity index (χ4n) is 3.09. The number of benzene rings is 1. The van der Waals surface area contributed by atoms with Crippen molar-refractivity contribution in [3.8, 4) is 0 Å². The van der Waals surface area contributed by atoms with Gasteiger partial charge in [-0.05, 0) is 31.0 Å². The van der Waals surface area contributed by atoms with Gasteiger partial charge in [-0.15, -0.1) is 0 Å². The minimum absolute atomic E-state index is 0.112. The molecule has 0 unspecified atom stereocenters. The van der Waals surface area contributed by atoms with Gasteiger partial charge in [0.1, 0.15) is 5.69 Å². The van der Waals surface area contributed by atoms with Gasteiger partial charge in [0.15, 0.2) is 0 Å². The molecule has 0 spiro atoms. The average Bonchev–Trinajstić information content (AvgIpc) is 2.75. The average molecular weight is 382 g/mol. The first-order valence-corrected chi connectivity index (χ1v) is 9.62. The number of ether oxygens (including phenoxy) is 1. The second-order valence-corrected chi connectivity index (χ2v) is 6.57. The summed E-state index contributed by atoms with van der Waals surface area (Å²) in [6.45, 7) is 4.85. The fraction of sp³-hybridized carbons (Fsp3) is 0.381. The molecule has 1 saturated heterocycles. The predicted molar refractivity (Wildman–Crippen MR) is 107 cm³/mol. The largest absolute Gasteiger partial charge is 0.450 e. The van der Waals surface area contributed by atoms with Gasteiger partial charge in [-0.3, -0.25) is 4.79 Å². The Bertz CT molecular complexity index is 772. The van der Waals surface area contributed by atoms with Crippen LogP contribution in [0.3, 0.4) is 0 Å². The number of carbonyl (C=O) groups is 2. The summed E-state index contributed by atoms with van der Waals surface area (Å²) in [6.07, 6.45) is 2.29. The van der Waals surface area contributed by atoms with Gasteiger partial charge in [-0.2, -0.15) is 0 Å². The van der Waals surface area contributed by atoms with Gasteiger partial charge >= 0.3 is 6.09 Å². The summed E-state index contributed by atoms with van der Waals surface area (Å²) < 4.78 is 5.00. The molecule has 0 atom stereocenters. The number of amides is 2. The third-order valence-electron chi connectivity index (χ3n) is 4.66. The van der Waals surface area contributed by atoms with E-state index >= 15 is 0 Å². The van der Waals surface area contributed by atoms with Crippen LogP contribution in [0.25, 0.3) is 0 Å². The van der Waals surface area contributed by atoms with Gasteiger partial charge < -0.3 is 19.9 Å². The molecule has 7 heteroatoms. The smallest absolute Gasteiger partial charge is 0.409 e. The molecule has 0 bridgehead atoms. The number of hydrogen-bond acceptors (Lipinski definition) is 5. The van der Waals surface area contributed by atoms with E-state index in [0.29, 0.717) is 38.5 Å². The molecule has 7 nitrogen and oxygen atoms in total. The molecule has 2 heterocycles. The van der Waals surface area contributed by atoms with Crippen molar-refractivity contribution in [1.29, 1.82) is 0 Å². The Balaban J connectivity index is 1.47. The zero-order chi connectivity index (χ0) is 19.8. The lowest BCUT2D eigenvalue weighted by Gasteiger charge is -2.33. The van der Waals surface area contributed by atoms with Crippen LogP contribution in [0.5, 0.6) is 0 Å². The Kier molecular flexibility index (Phi) is 6.84. The van der Waals surface area contributed by atoms with E-state index in [4.69, 9.17) is 4.74 Å². The maximum Gasteiger partial charge on any atom is 0.409 e. The quantitative estimate of drug-likeness (QED) is 0.831. The van der Waals surface area contributed by atoms with Crippen LogP contribution in [0, 0.1) is 0 Å². The van der Waals surface area contributed by atoms with E-state index in [-0.39, 0.29) is 12.0 Å². The number of pyridine rings is 1. The number of anilines is 1. The van der Waals surface area contributed by atoms with E-state index in [2.05, 4.69) is 22.4 Å². The number of hydrogen-bond donors (Lipinski definition) is 1. The summed E-state index contributed by atoms with van der Waals surface area (Å²) in [5, 5.41) is 3.32. The van der Waals surface area contributed by atoms with Crippen LogP contribution in [0.15, 0.2) is 48.7 Å². The van der Waals surface area contributed by atoms with E-state index in [0.717, 1.165) is 18.7 Å². The minimum atomic E-state index is -0.321.